The molecule has 1 aliphatic rings. The molecule has 0 aromatic carbocycles. The highest BCUT2D eigenvalue weighted by molar-refractivity contribution is 5.74. The molecule has 100 valence electrons. The average molecular weight is 243 g/mol. The van der Waals surface area contributed by atoms with Crippen molar-refractivity contribution < 1.29 is 9.53 Å². The lowest BCUT2D eigenvalue weighted by molar-refractivity contribution is 0.124. The van der Waals surface area contributed by atoms with Gasteiger partial charge in [-0.15, -0.1) is 0 Å². The number of piperazine rings is 1. The van der Waals surface area contributed by atoms with Crippen LogP contribution in [0.2, 0.25) is 0 Å². The highest BCUT2D eigenvalue weighted by atomic mass is 16.5. The number of rotatable bonds is 5. The summed E-state index contributed by atoms with van der Waals surface area (Å²) in [4.78, 5) is 16.0. The van der Waals surface area contributed by atoms with Gasteiger partial charge in [-0.3, -0.25) is 4.90 Å². The van der Waals surface area contributed by atoms with Crippen molar-refractivity contribution in [3.05, 3.63) is 0 Å². The number of nitrogens with one attached hydrogen (secondary N) is 1. The third-order valence-electron chi connectivity index (χ3n) is 2.89. The van der Waals surface area contributed by atoms with Gasteiger partial charge in [0.25, 0.3) is 0 Å². The summed E-state index contributed by atoms with van der Waals surface area (Å²) < 4.78 is 5.03. The average Bonchev–Trinajstić information content (AvgIpc) is 2.29. The molecule has 5 heteroatoms. The van der Waals surface area contributed by atoms with Crippen LogP contribution in [-0.2, 0) is 4.74 Å². The molecule has 17 heavy (non-hydrogen) atoms. The summed E-state index contributed by atoms with van der Waals surface area (Å²) in [5.74, 6) is 0. The third-order valence-corrected chi connectivity index (χ3v) is 2.89. The molecule has 0 unspecified atom stereocenters. The quantitative estimate of drug-likeness (QED) is 0.725. The molecule has 0 aliphatic carbocycles. The van der Waals surface area contributed by atoms with Crippen LogP contribution in [0, 0.1) is 0 Å². The molecule has 1 aliphatic heterocycles. The molecule has 2 amide bonds. The largest absolute Gasteiger partial charge is 0.385 e. The van der Waals surface area contributed by atoms with Gasteiger partial charge in [-0.25, -0.2) is 4.79 Å². The Labute approximate surface area is 104 Å². The second kappa shape index (κ2) is 7.50. The number of urea groups is 1. The Morgan fingerprint density at radius 2 is 1.94 bits per heavy atom. The number of carbonyl (C=O) groups is 1. The molecule has 5 nitrogen and oxygen atoms in total. The number of hydrogen-bond acceptors (Lipinski definition) is 3. The van der Waals surface area contributed by atoms with E-state index in [-0.39, 0.29) is 12.1 Å². The molecule has 1 saturated heterocycles. The van der Waals surface area contributed by atoms with Crippen LogP contribution in [0.15, 0.2) is 0 Å². The summed E-state index contributed by atoms with van der Waals surface area (Å²) in [5.41, 5.74) is 0. The van der Waals surface area contributed by atoms with E-state index in [0.717, 1.165) is 45.8 Å². The van der Waals surface area contributed by atoms with E-state index in [9.17, 15) is 4.79 Å². The number of methoxy groups -OCH3 is 1. The number of carbonyl (C=O) groups excluding carboxylic acids is 1. The molecule has 1 heterocycles. The fraction of sp³-hybridized carbons (Fsp3) is 0.917. The van der Waals surface area contributed by atoms with E-state index in [1.165, 1.54) is 0 Å². The first-order chi connectivity index (χ1) is 8.13. The van der Waals surface area contributed by atoms with Crippen molar-refractivity contribution in [3.63, 3.8) is 0 Å². The van der Waals surface area contributed by atoms with Gasteiger partial charge in [0.2, 0.25) is 0 Å². The molecule has 0 aromatic rings. The summed E-state index contributed by atoms with van der Waals surface area (Å²) in [6, 6.07) is 0.277. The van der Waals surface area contributed by atoms with Gasteiger partial charge in [-0.1, -0.05) is 0 Å². The summed E-state index contributed by atoms with van der Waals surface area (Å²) >= 11 is 0. The molecule has 0 bridgehead atoms. The van der Waals surface area contributed by atoms with Crippen LogP contribution in [0.4, 0.5) is 4.79 Å². The van der Waals surface area contributed by atoms with Crippen LogP contribution in [0.5, 0.6) is 0 Å². The van der Waals surface area contributed by atoms with E-state index in [4.69, 9.17) is 4.74 Å². The second-order valence-electron chi connectivity index (χ2n) is 4.78. The third kappa shape index (κ3) is 5.37. The van der Waals surface area contributed by atoms with Crippen LogP contribution in [0.25, 0.3) is 0 Å². The van der Waals surface area contributed by atoms with Crippen LogP contribution < -0.4 is 5.32 Å². The molecule has 1 N–H and O–H groups in total. The fourth-order valence-corrected chi connectivity index (χ4v) is 1.95. The Hall–Kier alpha value is -0.810. The minimum atomic E-state index is 0.0662. The minimum Gasteiger partial charge on any atom is -0.385 e. The van der Waals surface area contributed by atoms with Crippen molar-refractivity contribution in [2.75, 3.05) is 46.4 Å². The van der Waals surface area contributed by atoms with Gasteiger partial charge in [-0.2, -0.15) is 0 Å². The molecule has 0 saturated carbocycles. The van der Waals surface area contributed by atoms with Crippen molar-refractivity contribution in [1.29, 1.82) is 0 Å². The molecule has 0 atom stereocenters. The Morgan fingerprint density at radius 1 is 1.29 bits per heavy atom. The summed E-state index contributed by atoms with van der Waals surface area (Å²) in [7, 11) is 1.73. The van der Waals surface area contributed by atoms with Crippen LogP contribution in [0.3, 0.4) is 0 Å². The predicted octanol–water partition coefficient (Wildman–Crippen LogP) is 0.759. The van der Waals surface area contributed by atoms with Crippen molar-refractivity contribution in [2.45, 2.75) is 26.3 Å². The summed E-state index contributed by atoms with van der Waals surface area (Å²) in [5, 5.41) is 2.93. The van der Waals surface area contributed by atoms with Gasteiger partial charge in [0.15, 0.2) is 0 Å². The highest BCUT2D eigenvalue weighted by Gasteiger charge is 2.20. The molecular weight excluding hydrogens is 218 g/mol. The number of hydrogen-bond donors (Lipinski definition) is 1. The molecular formula is C12H25N3O2. The number of nitrogens with zero attached hydrogens (tertiary/aromatic N) is 2. The maximum absolute atomic E-state index is 11.8. The van der Waals surface area contributed by atoms with Gasteiger partial charge in [0, 0.05) is 52.5 Å². The van der Waals surface area contributed by atoms with Crippen molar-refractivity contribution >= 4 is 6.03 Å². The SMILES string of the molecule is COCCCN1CCN(C(=O)NC(C)C)CC1. The topological polar surface area (TPSA) is 44.8 Å². The van der Waals surface area contributed by atoms with Crippen LogP contribution in [-0.4, -0.2) is 68.3 Å². The van der Waals surface area contributed by atoms with Crippen LogP contribution in [0.1, 0.15) is 20.3 Å². The van der Waals surface area contributed by atoms with Gasteiger partial charge in [0.1, 0.15) is 0 Å². The molecule has 1 fully saturated rings. The summed E-state index contributed by atoms with van der Waals surface area (Å²) in [6.45, 7) is 9.43. The van der Waals surface area contributed by atoms with Gasteiger partial charge >= 0.3 is 6.03 Å². The lowest BCUT2D eigenvalue weighted by atomic mass is 10.3. The number of amides is 2. The Morgan fingerprint density at radius 3 is 2.47 bits per heavy atom. The zero-order valence-corrected chi connectivity index (χ0v) is 11.2. The van der Waals surface area contributed by atoms with E-state index in [2.05, 4.69) is 10.2 Å². The highest BCUT2D eigenvalue weighted by Crippen LogP contribution is 2.03. The standard InChI is InChI=1S/C12H25N3O2/c1-11(2)13-12(16)15-8-6-14(7-9-15)5-4-10-17-3/h11H,4-10H2,1-3H3,(H,13,16). The zero-order valence-electron chi connectivity index (χ0n) is 11.2. The van der Waals surface area contributed by atoms with Gasteiger partial charge < -0.3 is 15.0 Å². The Bertz CT molecular complexity index is 226. The van der Waals surface area contributed by atoms with Gasteiger partial charge in [0.05, 0.1) is 0 Å². The van der Waals surface area contributed by atoms with Crippen molar-refractivity contribution in [3.8, 4) is 0 Å². The molecule has 0 aromatic heterocycles. The first-order valence-electron chi connectivity index (χ1n) is 6.40. The van der Waals surface area contributed by atoms with Crippen LogP contribution >= 0.6 is 0 Å². The summed E-state index contributed by atoms with van der Waals surface area (Å²) in [6.07, 6.45) is 1.06. The fourth-order valence-electron chi connectivity index (χ4n) is 1.95. The molecule has 0 radical (unpaired) electrons. The van der Waals surface area contributed by atoms with E-state index in [1.54, 1.807) is 7.11 Å². The monoisotopic (exact) mass is 243 g/mol. The number of ether oxygens (including phenoxy) is 1. The van der Waals surface area contributed by atoms with E-state index < -0.39 is 0 Å². The molecule has 0 spiro atoms. The predicted molar refractivity (Wildman–Crippen MR) is 68.2 cm³/mol. The van der Waals surface area contributed by atoms with E-state index >= 15 is 0 Å². The lowest BCUT2D eigenvalue weighted by Crippen LogP contribution is -2.52. The zero-order chi connectivity index (χ0) is 12.7. The lowest BCUT2D eigenvalue weighted by Gasteiger charge is -2.35. The normalized spacial score (nSPS) is 17.5. The maximum atomic E-state index is 11.8. The first kappa shape index (κ1) is 14.3. The van der Waals surface area contributed by atoms with Crippen molar-refractivity contribution in [2.24, 2.45) is 0 Å². The first-order valence-corrected chi connectivity index (χ1v) is 6.40. The van der Waals surface area contributed by atoms with E-state index in [0.29, 0.717) is 0 Å². The molecule has 1 rings (SSSR count). The minimum absolute atomic E-state index is 0.0662. The maximum Gasteiger partial charge on any atom is 0.317 e. The Kier molecular flexibility index (Phi) is 6.29. The van der Waals surface area contributed by atoms with E-state index in [1.807, 2.05) is 18.7 Å². The van der Waals surface area contributed by atoms with Crippen molar-refractivity contribution in [1.82, 2.24) is 15.1 Å². The smallest absolute Gasteiger partial charge is 0.317 e. The van der Waals surface area contributed by atoms with Gasteiger partial charge in [-0.05, 0) is 20.3 Å². The second-order valence-corrected chi connectivity index (χ2v) is 4.78. The Balaban J connectivity index is 2.18.